The average molecular weight is 508 g/mol. The first-order valence-corrected chi connectivity index (χ1v) is 12.5. The molecule has 1 N–H and O–H groups in total. The van der Waals surface area contributed by atoms with E-state index in [-0.39, 0.29) is 29.9 Å². The smallest absolute Gasteiger partial charge is 0.262 e. The summed E-state index contributed by atoms with van der Waals surface area (Å²) >= 11 is 7.38. The molecule has 1 amide bonds. The maximum absolute atomic E-state index is 13.4. The summed E-state index contributed by atoms with van der Waals surface area (Å²) in [6.07, 6.45) is -0.376. The van der Waals surface area contributed by atoms with Gasteiger partial charge in [-0.05, 0) is 35.9 Å². The molecule has 35 heavy (non-hydrogen) atoms. The number of benzene rings is 3. The number of hydrogen-bond acceptors (Lipinski definition) is 6. The van der Waals surface area contributed by atoms with Gasteiger partial charge in [0.25, 0.3) is 5.56 Å². The molecule has 1 atom stereocenters. The largest absolute Gasteiger partial charge is 0.486 e. The van der Waals surface area contributed by atoms with Crippen LogP contribution in [0.2, 0.25) is 5.02 Å². The lowest BCUT2D eigenvalue weighted by Gasteiger charge is -2.27. The molecule has 0 saturated carbocycles. The van der Waals surface area contributed by atoms with Gasteiger partial charge in [0.05, 0.1) is 23.2 Å². The van der Waals surface area contributed by atoms with Crippen molar-refractivity contribution in [2.75, 3.05) is 12.4 Å². The second kappa shape index (κ2) is 10.4. The molecule has 5 rings (SSSR count). The van der Waals surface area contributed by atoms with E-state index in [9.17, 15) is 9.59 Å². The Morgan fingerprint density at radius 2 is 1.80 bits per heavy atom. The average Bonchev–Trinajstić information content (AvgIpc) is 2.89. The van der Waals surface area contributed by atoms with E-state index in [4.69, 9.17) is 21.1 Å². The molecule has 1 aromatic heterocycles. The Morgan fingerprint density at radius 1 is 1.06 bits per heavy atom. The van der Waals surface area contributed by atoms with Crippen molar-refractivity contribution in [2.45, 2.75) is 24.3 Å². The Labute approximate surface area is 211 Å². The lowest BCUT2D eigenvalue weighted by molar-refractivity contribution is -0.118. The van der Waals surface area contributed by atoms with Crippen LogP contribution in [0.25, 0.3) is 10.9 Å². The maximum Gasteiger partial charge on any atom is 0.262 e. The summed E-state index contributed by atoms with van der Waals surface area (Å²) in [5, 5.41) is 4.43. The van der Waals surface area contributed by atoms with Crippen molar-refractivity contribution >= 4 is 40.2 Å². The van der Waals surface area contributed by atoms with Crippen LogP contribution in [0, 0.1) is 0 Å². The molecule has 4 aromatic rings. The number of halogens is 1. The van der Waals surface area contributed by atoms with E-state index in [2.05, 4.69) is 10.3 Å². The molecule has 0 radical (unpaired) electrons. The van der Waals surface area contributed by atoms with Crippen LogP contribution in [0.1, 0.15) is 5.56 Å². The van der Waals surface area contributed by atoms with Crippen LogP contribution in [0.5, 0.6) is 11.5 Å². The van der Waals surface area contributed by atoms with Gasteiger partial charge in [-0.1, -0.05) is 65.8 Å². The molecule has 3 aromatic carbocycles. The molecular weight excluding hydrogens is 486 g/mol. The van der Waals surface area contributed by atoms with Crippen LogP contribution in [-0.2, 0) is 17.9 Å². The first-order valence-electron chi connectivity index (χ1n) is 11.1. The molecular formula is C26H22ClN3O4S. The van der Waals surface area contributed by atoms with Gasteiger partial charge < -0.3 is 14.8 Å². The zero-order chi connectivity index (χ0) is 24.2. The number of carbonyl (C=O) groups excluding carboxylic acids is 1. The Hall–Kier alpha value is -3.49. The summed E-state index contributed by atoms with van der Waals surface area (Å²) < 4.78 is 13.4. The van der Waals surface area contributed by atoms with Crippen molar-refractivity contribution in [1.29, 1.82) is 0 Å². The normalized spacial score (nSPS) is 14.6. The van der Waals surface area contributed by atoms with E-state index in [1.165, 1.54) is 11.8 Å². The van der Waals surface area contributed by atoms with Crippen molar-refractivity contribution in [3.05, 3.63) is 93.7 Å². The predicted molar refractivity (Wildman–Crippen MR) is 136 cm³/mol. The Morgan fingerprint density at radius 3 is 2.66 bits per heavy atom. The monoisotopic (exact) mass is 507 g/mol. The van der Waals surface area contributed by atoms with Gasteiger partial charge in [0, 0.05) is 11.6 Å². The summed E-state index contributed by atoms with van der Waals surface area (Å²) in [6.45, 7) is 0.872. The summed E-state index contributed by atoms with van der Waals surface area (Å²) in [6, 6.07) is 22.0. The lowest BCUT2D eigenvalue weighted by Crippen LogP contribution is -2.37. The van der Waals surface area contributed by atoms with E-state index < -0.39 is 0 Å². The second-order valence-electron chi connectivity index (χ2n) is 7.98. The molecule has 1 aliphatic rings. The van der Waals surface area contributed by atoms with Crippen molar-refractivity contribution in [3.8, 4) is 11.5 Å². The number of fused-ring (bicyclic) bond motifs is 2. The van der Waals surface area contributed by atoms with Crippen LogP contribution >= 0.6 is 23.4 Å². The molecule has 0 aliphatic carbocycles. The molecule has 0 saturated heterocycles. The minimum atomic E-state index is -0.376. The van der Waals surface area contributed by atoms with Gasteiger partial charge in [-0.3, -0.25) is 14.2 Å². The van der Waals surface area contributed by atoms with Crippen molar-refractivity contribution in [3.63, 3.8) is 0 Å². The van der Waals surface area contributed by atoms with Crippen LogP contribution in [0.15, 0.2) is 82.7 Å². The van der Waals surface area contributed by atoms with Crippen LogP contribution in [0.3, 0.4) is 0 Å². The fourth-order valence-electron chi connectivity index (χ4n) is 3.79. The number of amides is 1. The third-order valence-electron chi connectivity index (χ3n) is 5.55. The first kappa shape index (κ1) is 23.3. The highest BCUT2D eigenvalue weighted by atomic mass is 35.5. The topological polar surface area (TPSA) is 82.5 Å². The van der Waals surface area contributed by atoms with Gasteiger partial charge in [0.15, 0.2) is 22.8 Å². The summed E-state index contributed by atoms with van der Waals surface area (Å²) in [5.41, 5.74) is 1.24. The van der Waals surface area contributed by atoms with Crippen molar-refractivity contribution in [1.82, 2.24) is 14.9 Å². The number of ether oxygens (including phenoxy) is 2. The number of rotatable bonds is 7. The SMILES string of the molecule is O=C(CSc1nc2ccccc2c(=O)n1CC1COc2ccccc2O1)NCc1ccccc1Cl. The van der Waals surface area contributed by atoms with E-state index in [1.54, 1.807) is 28.8 Å². The van der Waals surface area contributed by atoms with E-state index in [0.29, 0.717) is 45.7 Å². The molecule has 178 valence electrons. The first-order chi connectivity index (χ1) is 17.1. The number of nitrogens with one attached hydrogen (secondary N) is 1. The highest BCUT2D eigenvalue weighted by Gasteiger charge is 2.24. The molecule has 0 bridgehead atoms. The zero-order valence-corrected chi connectivity index (χ0v) is 20.2. The molecule has 2 heterocycles. The molecule has 1 aliphatic heterocycles. The van der Waals surface area contributed by atoms with E-state index in [1.807, 2.05) is 48.5 Å². The molecule has 7 nitrogen and oxygen atoms in total. The lowest BCUT2D eigenvalue weighted by atomic mass is 10.2. The number of thioether (sulfide) groups is 1. The summed E-state index contributed by atoms with van der Waals surface area (Å²) in [5.74, 6) is 1.23. The minimum Gasteiger partial charge on any atom is -0.486 e. The van der Waals surface area contributed by atoms with Gasteiger partial charge in [-0.2, -0.15) is 0 Å². The van der Waals surface area contributed by atoms with Crippen molar-refractivity contribution in [2.24, 2.45) is 0 Å². The molecule has 1 unspecified atom stereocenters. The van der Waals surface area contributed by atoms with E-state index >= 15 is 0 Å². The maximum atomic E-state index is 13.4. The predicted octanol–water partition coefficient (Wildman–Crippen LogP) is 4.30. The Balaban J connectivity index is 1.34. The minimum absolute atomic E-state index is 0.0973. The Bertz CT molecular complexity index is 1440. The standard InChI is InChI=1S/C26H22ClN3O4S/c27-20-9-3-1-7-17(20)13-28-24(31)16-35-26-29-21-10-4-2-8-19(21)25(32)30(26)14-18-15-33-22-11-5-6-12-23(22)34-18/h1-12,18H,13-16H2,(H,28,31). The Kier molecular flexibility index (Phi) is 6.92. The highest BCUT2D eigenvalue weighted by molar-refractivity contribution is 7.99. The van der Waals surface area contributed by atoms with Crippen LogP contribution < -0.4 is 20.3 Å². The highest BCUT2D eigenvalue weighted by Crippen LogP contribution is 2.31. The molecule has 9 heteroatoms. The van der Waals surface area contributed by atoms with Gasteiger partial charge in [0.2, 0.25) is 5.91 Å². The molecule has 0 fully saturated rings. The fraction of sp³-hybridized carbons (Fsp3) is 0.192. The number of nitrogens with zero attached hydrogens (tertiary/aromatic N) is 2. The van der Waals surface area contributed by atoms with Crippen LogP contribution in [0.4, 0.5) is 0 Å². The van der Waals surface area contributed by atoms with E-state index in [0.717, 1.165) is 5.56 Å². The third kappa shape index (κ3) is 5.28. The number of hydrogen-bond donors (Lipinski definition) is 1. The summed E-state index contributed by atoms with van der Waals surface area (Å²) in [4.78, 5) is 30.6. The quantitative estimate of drug-likeness (QED) is 0.297. The van der Waals surface area contributed by atoms with Gasteiger partial charge in [-0.25, -0.2) is 4.98 Å². The number of para-hydroxylation sites is 3. The van der Waals surface area contributed by atoms with Crippen LogP contribution in [-0.4, -0.2) is 33.9 Å². The fourth-order valence-corrected chi connectivity index (χ4v) is 4.83. The summed E-state index contributed by atoms with van der Waals surface area (Å²) in [7, 11) is 0. The molecule has 0 spiro atoms. The van der Waals surface area contributed by atoms with Gasteiger partial charge in [-0.15, -0.1) is 0 Å². The van der Waals surface area contributed by atoms with Gasteiger partial charge in [0.1, 0.15) is 6.61 Å². The third-order valence-corrected chi connectivity index (χ3v) is 6.89. The second-order valence-corrected chi connectivity index (χ2v) is 9.33. The number of carbonyl (C=O) groups is 1. The zero-order valence-electron chi connectivity index (χ0n) is 18.6. The number of aromatic nitrogens is 2. The van der Waals surface area contributed by atoms with Crippen molar-refractivity contribution < 1.29 is 14.3 Å². The van der Waals surface area contributed by atoms with Gasteiger partial charge >= 0.3 is 0 Å².